The zero-order valence-electron chi connectivity index (χ0n) is 20.5. The third-order valence-electron chi connectivity index (χ3n) is 10.4. The van der Waals surface area contributed by atoms with Gasteiger partial charge in [0.05, 0.1) is 23.4 Å². The Morgan fingerprint density at radius 1 is 1.10 bits per heavy atom. The van der Waals surface area contributed by atoms with E-state index in [1.165, 1.54) is 18.4 Å². The van der Waals surface area contributed by atoms with Crippen LogP contribution in [0, 0.1) is 28.6 Å². The first-order valence-corrected chi connectivity index (χ1v) is 12.8. The zero-order chi connectivity index (χ0) is 22.8. The van der Waals surface area contributed by atoms with E-state index >= 15 is 0 Å². The van der Waals surface area contributed by atoms with Crippen molar-refractivity contribution in [2.45, 2.75) is 129 Å². The van der Waals surface area contributed by atoms with Gasteiger partial charge in [-0.15, -0.1) is 0 Å². The van der Waals surface area contributed by atoms with Crippen molar-refractivity contribution in [3.63, 3.8) is 0 Å². The third kappa shape index (κ3) is 3.74. The van der Waals surface area contributed by atoms with Crippen molar-refractivity contribution in [2.75, 3.05) is 0 Å². The molecule has 4 aliphatic rings. The smallest absolute Gasteiger partial charge is 0.0991 e. The minimum absolute atomic E-state index is 0.208. The van der Waals surface area contributed by atoms with E-state index in [0.717, 1.165) is 44.9 Å². The fourth-order valence-corrected chi connectivity index (χ4v) is 8.51. The highest BCUT2D eigenvalue weighted by molar-refractivity contribution is 5.37. The number of aliphatic hydroxyl groups excluding tert-OH is 2. The average Bonchev–Trinajstić information content (AvgIpc) is 3.01. The molecule has 3 saturated carbocycles. The monoisotopic (exact) mass is 434 g/mol. The standard InChI is InChI=1S/C27H46O4/c1-17(7-6-12-24(2,3)30)20-8-9-21-19-15-23(29)27(31)16-18(28)10-14-26(27,5)22(19)11-13-25(20,21)4/h17-18,20,22-23,28-31H,6-16H2,1-5H3. The molecule has 3 fully saturated rings. The lowest BCUT2D eigenvalue weighted by Crippen LogP contribution is -2.66. The molecule has 0 bridgehead atoms. The van der Waals surface area contributed by atoms with E-state index in [1.807, 2.05) is 13.8 Å². The molecule has 178 valence electrons. The van der Waals surface area contributed by atoms with Crippen LogP contribution in [0.5, 0.6) is 0 Å². The molecule has 31 heavy (non-hydrogen) atoms. The molecule has 0 aromatic carbocycles. The summed E-state index contributed by atoms with van der Waals surface area (Å²) in [5.41, 5.74) is 1.16. The van der Waals surface area contributed by atoms with Gasteiger partial charge in [-0.2, -0.15) is 0 Å². The molecule has 4 rings (SSSR count). The Bertz CT molecular complexity index is 723. The summed E-state index contributed by atoms with van der Waals surface area (Å²) >= 11 is 0. The van der Waals surface area contributed by atoms with E-state index in [0.29, 0.717) is 30.6 Å². The van der Waals surface area contributed by atoms with Gasteiger partial charge in [0.15, 0.2) is 0 Å². The summed E-state index contributed by atoms with van der Waals surface area (Å²) in [6, 6.07) is 0. The van der Waals surface area contributed by atoms with Crippen molar-refractivity contribution in [1.29, 1.82) is 0 Å². The van der Waals surface area contributed by atoms with E-state index in [1.54, 1.807) is 5.57 Å². The highest BCUT2D eigenvalue weighted by atomic mass is 16.3. The van der Waals surface area contributed by atoms with E-state index in [4.69, 9.17) is 0 Å². The first-order chi connectivity index (χ1) is 14.3. The second-order valence-electron chi connectivity index (χ2n) is 12.8. The van der Waals surface area contributed by atoms with Gasteiger partial charge in [-0.25, -0.2) is 0 Å². The van der Waals surface area contributed by atoms with Gasteiger partial charge in [-0.1, -0.05) is 44.8 Å². The third-order valence-corrected chi connectivity index (χ3v) is 10.4. The minimum atomic E-state index is -1.17. The lowest BCUT2D eigenvalue weighted by molar-refractivity contribution is -0.225. The van der Waals surface area contributed by atoms with Crippen LogP contribution in [0.1, 0.15) is 105 Å². The van der Waals surface area contributed by atoms with Gasteiger partial charge in [0, 0.05) is 11.8 Å². The van der Waals surface area contributed by atoms with E-state index in [2.05, 4.69) is 20.8 Å². The molecule has 0 saturated heterocycles. The molecule has 0 radical (unpaired) electrons. The zero-order valence-corrected chi connectivity index (χ0v) is 20.5. The number of hydrogen-bond donors (Lipinski definition) is 4. The predicted molar refractivity (Wildman–Crippen MR) is 123 cm³/mol. The van der Waals surface area contributed by atoms with Crippen molar-refractivity contribution in [1.82, 2.24) is 0 Å². The molecule has 0 heterocycles. The van der Waals surface area contributed by atoms with Gasteiger partial charge in [-0.05, 0) is 88.4 Å². The lowest BCUT2D eigenvalue weighted by atomic mass is 9.46. The molecule has 4 heteroatoms. The Morgan fingerprint density at radius 2 is 1.81 bits per heavy atom. The van der Waals surface area contributed by atoms with Crippen LogP contribution in [0.25, 0.3) is 0 Å². The molecule has 4 nitrogen and oxygen atoms in total. The second kappa shape index (κ2) is 7.82. The number of fused-ring (bicyclic) bond motifs is 4. The van der Waals surface area contributed by atoms with Crippen LogP contribution in [0.15, 0.2) is 11.1 Å². The maximum atomic E-state index is 11.6. The normalized spacial score (nSPS) is 46.4. The largest absolute Gasteiger partial charge is 0.393 e. The first kappa shape index (κ1) is 23.7. The maximum Gasteiger partial charge on any atom is 0.0991 e. The molecule has 0 spiro atoms. The maximum absolute atomic E-state index is 11.6. The Hall–Kier alpha value is -0.420. The van der Waals surface area contributed by atoms with E-state index in [-0.39, 0.29) is 10.8 Å². The van der Waals surface area contributed by atoms with Crippen LogP contribution in [0.3, 0.4) is 0 Å². The number of allylic oxidation sites excluding steroid dienone is 1. The molecule has 0 aromatic rings. The SMILES string of the molecule is CC(CCCC(C)(C)O)C1CCC2=C3CC(O)C4(O)CC(O)CCC4(C)C3CCC21C. The Labute approximate surface area is 189 Å². The van der Waals surface area contributed by atoms with Gasteiger partial charge in [0.1, 0.15) is 0 Å². The van der Waals surface area contributed by atoms with Crippen LogP contribution in [-0.2, 0) is 0 Å². The minimum Gasteiger partial charge on any atom is -0.393 e. The van der Waals surface area contributed by atoms with Crippen LogP contribution in [0.2, 0.25) is 0 Å². The van der Waals surface area contributed by atoms with Gasteiger partial charge in [-0.3, -0.25) is 0 Å². The predicted octanol–water partition coefficient (Wildman–Crippen LogP) is 4.73. The summed E-state index contributed by atoms with van der Waals surface area (Å²) in [6.07, 6.45) is 8.81. The fourth-order valence-electron chi connectivity index (χ4n) is 8.51. The molecule has 0 amide bonds. The van der Waals surface area contributed by atoms with Crippen LogP contribution < -0.4 is 0 Å². The summed E-state index contributed by atoms with van der Waals surface area (Å²) in [6.45, 7) is 10.9. The molecule has 8 atom stereocenters. The van der Waals surface area contributed by atoms with Crippen molar-refractivity contribution in [3.05, 3.63) is 11.1 Å². The van der Waals surface area contributed by atoms with Crippen LogP contribution in [-0.4, -0.2) is 43.8 Å². The summed E-state index contributed by atoms with van der Waals surface area (Å²) in [4.78, 5) is 0. The Kier molecular flexibility index (Phi) is 5.99. The topological polar surface area (TPSA) is 80.9 Å². The van der Waals surface area contributed by atoms with Gasteiger partial charge in [0.2, 0.25) is 0 Å². The van der Waals surface area contributed by atoms with Crippen molar-refractivity contribution < 1.29 is 20.4 Å². The number of aliphatic hydroxyl groups is 4. The first-order valence-electron chi connectivity index (χ1n) is 12.8. The van der Waals surface area contributed by atoms with Crippen LogP contribution in [0.4, 0.5) is 0 Å². The fraction of sp³-hybridized carbons (Fsp3) is 0.926. The van der Waals surface area contributed by atoms with Crippen molar-refractivity contribution in [2.24, 2.45) is 28.6 Å². The van der Waals surface area contributed by atoms with Crippen molar-refractivity contribution >= 4 is 0 Å². The van der Waals surface area contributed by atoms with Crippen molar-refractivity contribution in [3.8, 4) is 0 Å². The molecule has 8 unspecified atom stereocenters. The Morgan fingerprint density at radius 3 is 2.48 bits per heavy atom. The van der Waals surface area contributed by atoms with Gasteiger partial charge in [0.25, 0.3) is 0 Å². The van der Waals surface area contributed by atoms with Crippen LogP contribution >= 0.6 is 0 Å². The summed E-state index contributed by atoms with van der Waals surface area (Å²) in [5.74, 6) is 1.63. The second-order valence-corrected chi connectivity index (χ2v) is 12.8. The average molecular weight is 435 g/mol. The summed E-state index contributed by atoms with van der Waals surface area (Å²) in [7, 11) is 0. The number of hydrogen-bond acceptors (Lipinski definition) is 4. The van der Waals surface area contributed by atoms with E-state index < -0.39 is 23.4 Å². The van der Waals surface area contributed by atoms with Gasteiger partial charge < -0.3 is 20.4 Å². The molecule has 0 aliphatic heterocycles. The lowest BCUT2D eigenvalue weighted by Gasteiger charge is -2.62. The highest BCUT2D eigenvalue weighted by Crippen LogP contribution is 2.66. The van der Waals surface area contributed by atoms with E-state index in [9.17, 15) is 20.4 Å². The molecule has 4 aliphatic carbocycles. The molecular weight excluding hydrogens is 388 g/mol. The summed E-state index contributed by atoms with van der Waals surface area (Å²) < 4.78 is 0. The molecule has 4 N–H and O–H groups in total. The Balaban J connectivity index is 1.59. The number of rotatable bonds is 5. The molecular formula is C27H46O4. The van der Waals surface area contributed by atoms with Gasteiger partial charge >= 0.3 is 0 Å². The molecule has 0 aromatic heterocycles. The highest BCUT2D eigenvalue weighted by Gasteiger charge is 2.64. The summed E-state index contributed by atoms with van der Waals surface area (Å²) in [5, 5.41) is 43.0. The quantitative estimate of drug-likeness (QED) is 0.472.